The minimum atomic E-state index is 0.436. The summed E-state index contributed by atoms with van der Waals surface area (Å²) in [5.74, 6) is 0.436. The standard InChI is InChI=1S/C16H11BrN4/c17-12-8-14-15(19-9-12)21(16(18)20-14)13-6-5-10-3-1-2-4-11(10)7-13/h1-9H,(H2,18,20). The van der Waals surface area contributed by atoms with Crippen LogP contribution in [0.15, 0.2) is 59.2 Å². The zero-order chi connectivity index (χ0) is 14.4. The van der Waals surface area contributed by atoms with Gasteiger partial charge in [-0.3, -0.25) is 4.57 Å². The van der Waals surface area contributed by atoms with Crippen molar-refractivity contribution in [2.75, 3.05) is 5.73 Å². The minimum Gasteiger partial charge on any atom is -0.369 e. The van der Waals surface area contributed by atoms with Crippen molar-refractivity contribution in [3.05, 3.63) is 59.2 Å². The number of nitrogen functional groups attached to an aromatic ring is 1. The fourth-order valence-electron chi connectivity index (χ4n) is 2.53. The van der Waals surface area contributed by atoms with Crippen molar-refractivity contribution in [1.29, 1.82) is 0 Å². The third-order valence-corrected chi connectivity index (χ3v) is 3.91. The Labute approximate surface area is 129 Å². The van der Waals surface area contributed by atoms with Crippen LogP contribution in [0, 0.1) is 0 Å². The maximum absolute atomic E-state index is 6.08. The van der Waals surface area contributed by atoms with E-state index >= 15 is 0 Å². The molecule has 0 bridgehead atoms. The number of rotatable bonds is 1. The van der Waals surface area contributed by atoms with Gasteiger partial charge in [-0.1, -0.05) is 30.3 Å². The monoisotopic (exact) mass is 338 g/mol. The zero-order valence-corrected chi connectivity index (χ0v) is 12.6. The fourth-order valence-corrected chi connectivity index (χ4v) is 2.85. The van der Waals surface area contributed by atoms with Gasteiger partial charge < -0.3 is 5.73 Å². The second-order valence-corrected chi connectivity index (χ2v) is 5.75. The highest BCUT2D eigenvalue weighted by Crippen LogP contribution is 2.26. The first kappa shape index (κ1) is 12.3. The van der Waals surface area contributed by atoms with Gasteiger partial charge in [0.25, 0.3) is 0 Å². The Bertz CT molecular complexity index is 975. The quantitative estimate of drug-likeness (QED) is 0.572. The second-order valence-electron chi connectivity index (χ2n) is 4.83. The van der Waals surface area contributed by atoms with E-state index in [4.69, 9.17) is 5.73 Å². The van der Waals surface area contributed by atoms with Crippen LogP contribution in [-0.2, 0) is 0 Å². The van der Waals surface area contributed by atoms with Gasteiger partial charge in [0.15, 0.2) is 5.65 Å². The van der Waals surface area contributed by atoms with Crippen LogP contribution in [0.4, 0.5) is 5.95 Å². The van der Waals surface area contributed by atoms with Crippen molar-refractivity contribution in [1.82, 2.24) is 14.5 Å². The minimum absolute atomic E-state index is 0.436. The Morgan fingerprint density at radius 3 is 2.67 bits per heavy atom. The maximum atomic E-state index is 6.08. The first-order valence-electron chi connectivity index (χ1n) is 6.51. The summed E-state index contributed by atoms with van der Waals surface area (Å²) in [6.45, 7) is 0. The summed E-state index contributed by atoms with van der Waals surface area (Å²) in [4.78, 5) is 8.81. The molecule has 4 nitrogen and oxygen atoms in total. The van der Waals surface area contributed by atoms with E-state index in [9.17, 15) is 0 Å². The van der Waals surface area contributed by atoms with Crippen molar-refractivity contribution in [3.8, 4) is 5.69 Å². The van der Waals surface area contributed by atoms with Crippen LogP contribution in [-0.4, -0.2) is 14.5 Å². The lowest BCUT2D eigenvalue weighted by atomic mass is 10.1. The van der Waals surface area contributed by atoms with Crippen LogP contribution in [0.25, 0.3) is 27.6 Å². The van der Waals surface area contributed by atoms with Gasteiger partial charge in [-0.15, -0.1) is 0 Å². The van der Waals surface area contributed by atoms with Crippen molar-refractivity contribution in [2.24, 2.45) is 0 Å². The number of hydrogen-bond acceptors (Lipinski definition) is 3. The number of imidazole rings is 1. The van der Waals surface area contributed by atoms with E-state index in [1.54, 1.807) is 6.20 Å². The molecular formula is C16H11BrN4. The first-order chi connectivity index (χ1) is 10.2. The molecule has 0 saturated carbocycles. The summed E-state index contributed by atoms with van der Waals surface area (Å²) in [6.07, 6.45) is 1.75. The molecule has 2 N–H and O–H groups in total. The number of nitrogens with zero attached hydrogens (tertiary/aromatic N) is 3. The average molecular weight is 339 g/mol. The Morgan fingerprint density at radius 1 is 1.00 bits per heavy atom. The number of hydrogen-bond donors (Lipinski definition) is 1. The molecule has 0 saturated heterocycles. The molecule has 0 unspecified atom stereocenters. The van der Waals surface area contributed by atoms with E-state index in [0.29, 0.717) is 5.95 Å². The predicted octanol–water partition coefficient (Wildman–Crippen LogP) is 3.92. The lowest BCUT2D eigenvalue weighted by molar-refractivity contribution is 1.09. The molecule has 0 spiro atoms. The summed E-state index contributed by atoms with van der Waals surface area (Å²) >= 11 is 3.40. The number of benzene rings is 2. The highest BCUT2D eigenvalue weighted by molar-refractivity contribution is 9.10. The molecule has 21 heavy (non-hydrogen) atoms. The van der Waals surface area contributed by atoms with Crippen molar-refractivity contribution >= 4 is 43.8 Å². The Morgan fingerprint density at radius 2 is 1.81 bits per heavy atom. The van der Waals surface area contributed by atoms with Gasteiger partial charge in [0, 0.05) is 10.7 Å². The van der Waals surface area contributed by atoms with E-state index in [-0.39, 0.29) is 0 Å². The van der Waals surface area contributed by atoms with Gasteiger partial charge >= 0.3 is 0 Å². The summed E-state index contributed by atoms with van der Waals surface area (Å²) in [5.41, 5.74) is 8.57. The highest BCUT2D eigenvalue weighted by Gasteiger charge is 2.11. The van der Waals surface area contributed by atoms with E-state index in [2.05, 4.69) is 50.2 Å². The molecule has 5 heteroatoms. The molecule has 102 valence electrons. The number of halogens is 1. The highest BCUT2D eigenvalue weighted by atomic mass is 79.9. The molecule has 0 amide bonds. The van der Waals surface area contributed by atoms with Gasteiger partial charge in [0.2, 0.25) is 5.95 Å². The van der Waals surface area contributed by atoms with Crippen LogP contribution in [0.3, 0.4) is 0 Å². The first-order valence-corrected chi connectivity index (χ1v) is 7.30. The molecule has 4 aromatic rings. The molecule has 0 aliphatic heterocycles. The SMILES string of the molecule is Nc1nc2cc(Br)cnc2n1-c1ccc2ccccc2c1. The Hall–Kier alpha value is -2.40. The van der Waals surface area contributed by atoms with Crippen molar-refractivity contribution in [3.63, 3.8) is 0 Å². The van der Waals surface area contributed by atoms with Crippen LogP contribution >= 0.6 is 15.9 Å². The molecule has 0 aliphatic rings. The molecule has 0 aliphatic carbocycles. The molecule has 4 rings (SSSR count). The molecule has 0 fully saturated rings. The Balaban J connectivity index is 2.01. The molecule has 2 aromatic heterocycles. The van der Waals surface area contributed by atoms with Gasteiger partial charge in [-0.25, -0.2) is 9.97 Å². The third-order valence-electron chi connectivity index (χ3n) is 3.48. The predicted molar refractivity (Wildman–Crippen MR) is 88.5 cm³/mol. The number of fused-ring (bicyclic) bond motifs is 2. The van der Waals surface area contributed by atoms with Crippen LogP contribution in [0.5, 0.6) is 0 Å². The van der Waals surface area contributed by atoms with Gasteiger partial charge in [-0.2, -0.15) is 0 Å². The lowest BCUT2D eigenvalue weighted by Crippen LogP contribution is -2.01. The van der Waals surface area contributed by atoms with Crippen molar-refractivity contribution < 1.29 is 0 Å². The van der Waals surface area contributed by atoms with E-state index in [1.165, 1.54) is 5.39 Å². The van der Waals surface area contributed by atoms with E-state index < -0.39 is 0 Å². The van der Waals surface area contributed by atoms with Gasteiger partial charge in [-0.05, 0) is 44.9 Å². The average Bonchev–Trinajstić information content (AvgIpc) is 2.81. The van der Waals surface area contributed by atoms with E-state index in [1.807, 2.05) is 28.8 Å². The van der Waals surface area contributed by atoms with Crippen molar-refractivity contribution in [2.45, 2.75) is 0 Å². The number of nitrogens with two attached hydrogens (primary N) is 1. The van der Waals surface area contributed by atoms with Gasteiger partial charge in [0.05, 0.1) is 5.69 Å². The number of pyridine rings is 1. The third kappa shape index (κ3) is 1.97. The summed E-state index contributed by atoms with van der Waals surface area (Å²) < 4.78 is 2.76. The zero-order valence-electron chi connectivity index (χ0n) is 11.0. The Kier molecular flexibility index (Phi) is 2.68. The molecule has 0 radical (unpaired) electrons. The smallest absolute Gasteiger partial charge is 0.207 e. The molecule has 2 heterocycles. The van der Waals surface area contributed by atoms with Gasteiger partial charge in [0.1, 0.15) is 5.52 Å². The fraction of sp³-hybridized carbons (Fsp3) is 0. The van der Waals surface area contributed by atoms with E-state index in [0.717, 1.165) is 26.7 Å². The molecular weight excluding hydrogens is 328 g/mol. The molecule has 0 atom stereocenters. The van der Waals surface area contributed by atoms with Crippen LogP contribution in [0.1, 0.15) is 0 Å². The van der Waals surface area contributed by atoms with Crippen LogP contribution in [0.2, 0.25) is 0 Å². The number of anilines is 1. The van der Waals surface area contributed by atoms with Crippen LogP contribution < -0.4 is 5.73 Å². The summed E-state index contributed by atoms with van der Waals surface area (Å²) in [6, 6.07) is 16.3. The summed E-state index contributed by atoms with van der Waals surface area (Å²) in [5, 5.41) is 2.35. The summed E-state index contributed by atoms with van der Waals surface area (Å²) in [7, 11) is 0. The molecule has 2 aromatic carbocycles. The second kappa shape index (κ2) is 4.56. The lowest BCUT2D eigenvalue weighted by Gasteiger charge is -2.07. The normalized spacial score (nSPS) is 11.3. The largest absolute Gasteiger partial charge is 0.369 e. The maximum Gasteiger partial charge on any atom is 0.207 e. The number of aromatic nitrogens is 3. The topological polar surface area (TPSA) is 56.7 Å².